The lowest BCUT2D eigenvalue weighted by Crippen LogP contribution is -2.10. The van der Waals surface area contributed by atoms with E-state index in [9.17, 15) is 13.0 Å². The van der Waals surface area contributed by atoms with Gasteiger partial charge in [-0.1, -0.05) is 0 Å². The molecule has 14 heavy (non-hydrogen) atoms. The van der Waals surface area contributed by atoms with Gasteiger partial charge in [-0.05, 0) is 13.8 Å². The zero-order valence-corrected chi connectivity index (χ0v) is 10.4. The minimum atomic E-state index is -3.19. The molecule has 0 unspecified atom stereocenters. The van der Waals surface area contributed by atoms with E-state index >= 15 is 0 Å². The molecule has 0 aromatic carbocycles. The van der Waals surface area contributed by atoms with Gasteiger partial charge in [-0.15, -0.1) is 0 Å². The highest BCUT2D eigenvalue weighted by Crippen LogP contribution is 2.47. The van der Waals surface area contributed by atoms with Crippen molar-refractivity contribution in [3.8, 4) is 0 Å². The molecular formula is C7H17O5PS. The maximum absolute atomic E-state index is 11.8. The molecular weight excluding hydrogens is 227 g/mol. The Morgan fingerprint density at radius 3 is 1.86 bits per heavy atom. The lowest BCUT2D eigenvalue weighted by atomic mass is 10.9. The van der Waals surface area contributed by atoms with Crippen LogP contribution in [-0.4, -0.2) is 39.8 Å². The van der Waals surface area contributed by atoms with Crippen molar-refractivity contribution in [2.45, 2.75) is 13.8 Å². The highest BCUT2D eigenvalue weighted by molar-refractivity contribution is 7.91. The monoisotopic (exact) mass is 244 g/mol. The maximum atomic E-state index is 11.8. The largest absolute Gasteiger partial charge is 0.331 e. The van der Waals surface area contributed by atoms with E-state index in [4.69, 9.17) is 9.05 Å². The van der Waals surface area contributed by atoms with Crippen LogP contribution in [0, 0.1) is 0 Å². The fourth-order valence-electron chi connectivity index (χ4n) is 0.837. The molecule has 7 heteroatoms. The summed E-state index contributed by atoms with van der Waals surface area (Å²) < 4.78 is 43.3. The Balaban J connectivity index is 4.30. The average Bonchev–Trinajstić information content (AvgIpc) is 2.01. The van der Waals surface area contributed by atoms with E-state index in [0.29, 0.717) is 0 Å². The van der Waals surface area contributed by atoms with Crippen molar-refractivity contribution in [1.29, 1.82) is 0 Å². The van der Waals surface area contributed by atoms with Crippen LogP contribution in [0.25, 0.3) is 0 Å². The van der Waals surface area contributed by atoms with Crippen LogP contribution in [0.3, 0.4) is 0 Å². The van der Waals surface area contributed by atoms with Crippen molar-refractivity contribution in [3.63, 3.8) is 0 Å². The second-order valence-electron chi connectivity index (χ2n) is 2.80. The molecule has 86 valence electrons. The molecule has 0 aliphatic carbocycles. The first-order valence-electron chi connectivity index (χ1n) is 4.39. The summed E-state index contributed by atoms with van der Waals surface area (Å²) in [7, 11) is -6.32. The maximum Gasteiger partial charge on any atom is 0.331 e. The van der Waals surface area contributed by atoms with Gasteiger partial charge in [0.05, 0.1) is 25.1 Å². The van der Waals surface area contributed by atoms with Gasteiger partial charge in [0, 0.05) is 6.26 Å². The molecule has 0 aliphatic heterocycles. The molecule has 0 amide bonds. The minimum absolute atomic E-state index is 0.0759. The molecule has 0 atom stereocenters. The van der Waals surface area contributed by atoms with Gasteiger partial charge in [0.15, 0.2) is 0 Å². The molecule has 0 aromatic heterocycles. The second-order valence-corrected chi connectivity index (χ2v) is 7.25. The SMILES string of the molecule is CCOP(=O)(CCS(C)(=O)=O)OCC. The summed E-state index contributed by atoms with van der Waals surface area (Å²) in [5, 5.41) is 0. The first-order chi connectivity index (χ1) is 6.33. The van der Waals surface area contributed by atoms with Gasteiger partial charge in [-0.3, -0.25) is 4.57 Å². The van der Waals surface area contributed by atoms with Gasteiger partial charge in [0.25, 0.3) is 0 Å². The minimum Gasteiger partial charge on any atom is -0.309 e. The predicted octanol–water partition coefficient (Wildman–Crippen LogP) is 1.30. The first kappa shape index (κ1) is 14.1. The Hall–Kier alpha value is 0.100. The van der Waals surface area contributed by atoms with E-state index in [2.05, 4.69) is 0 Å². The van der Waals surface area contributed by atoms with Crippen molar-refractivity contribution < 1.29 is 22.0 Å². The molecule has 0 saturated carbocycles. The molecule has 5 nitrogen and oxygen atoms in total. The Kier molecular flexibility index (Phi) is 5.90. The topological polar surface area (TPSA) is 69.7 Å². The molecule has 0 heterocycles. The zero-order valence-electron chi connectivity index (χ0n) is 8.73. The van der Waals surface area contributed by atoms with E-state index in [-0.39, 0.29) is 25.1 Å². The molecule has 0 spiro atoms. The van der Waals surface area contributed by atoms with Crippen LogP contribution >= 0.6 is 7.60 Å². The summed E-state index contributed by atoms with van der Waals surface area (Å²) in [4.78, 5) is 0. The standard InChI is InChI=1S/C7H17O5PS/c1-4-11-13(8,12-5-2)6-7-14(3,9)10/h4-7H2,1-3H3. The van der Waals surface area contributed by atoms with Gasteiger partial charge in [0.2, 0.25) is 0 Å². The van der Waals surface area contributed by atoms with Crippen molar-refractivity contribution in [3.05, 3.63) is 0 Å². The van der Waals surface area contributed by atoms with Crippen molar-refractivity contribution in [1.82, 2.24) is 0 Å². The van der Waals surface area contributed by atoms with Crippen molar-refractivity contribution in [2.75, 3.05) is 31.4 Å². The number of hydrogen-bond donors (Lipinski definition) is 0. The molecule has 0 bridgehead atoms. The first-order valence-corrected chi connectivity index (χ1v) is 8.17. The number of sulfone groups is 1. The summed E-state index contributed by atoms with van der Waals surface area (Å²) >= 11 is 0. The lowest BCUT2D eigenvalue weighted by molar-refractivity contribution is 0.221. The van der Waals surface area contributed by atoms with Crippen LogP contribution in [0.2, 0.25) is 0 Å². The smallest absolute Gasteiger partial charge is 0.309 e. The molecule has 0 rings (SSSR count). The summed E-state index contributed by atoms with van der Waals surface area (Å²) in [5.74, 6) is -0.176. The van der Waals surface area contributed by atoms with E-state index < -0.39 is 17.4 Å². The highest BCUT2D eigenvalue weighted by atomic mass is 32.2. The quantitative estimate of drug-likeness (QED) is 0.631. The summed E-state index contributed by atoms with van der Waals surface area (Å²) in [5.41, 5.74) is 0. The lowest BCUT2D eigenvalue weighted by Gasteiger charge is -2.15. The third-order valence-corrected chi connectivity index (χ3v) is 4.71. The molecule has 0 aliphatic rings. The number of hydrogen-bond acceptors (Lipinski definition) is 5. The molecule has 0 N–H and O–H groups in total. The van der Waals surface area contributed by atoms with E-state index in [1.807, 2.05) is 0 Å². The predicted molar refractivity (Wildman–Crippen MR) is 55.4 cm³/mol. The van der Waals surface area contributed by atoms with E-state index in [1.54, 1.807) is 13.8 Å². The Labute approximate surface area is 85.2 Å². The van der Waals surface area contributed by atoms with E-state index in [1.165, 1.54) is 0 Å². The van der Waals surface area contributed by atoms with Crippen molar-refractivity contribution >= 4 is 17.4 Å². The van der Waals surface area contributed by atoms with Crippen LogP contribution in [-0.2, 0) is 23.4 Å². The number of rotatable bonds is 7. The Bertz CT molecular complexity index is 287. The van der Waals surface area contributed by atoms with Crippen molar-refractivity contribution in [2.24, 2.45) is 0 Å². The summed E-state index contributed by atoms with van der Waals surface area (Å²) in [6.45, 7) is 3.88. The average molecular weight is 244 g/mol. The Morgan fingerprint density at radius 2 is 1.57 bits per heavy atom. The van der Waals surface area contributed by atoms with Gasteiger partial charge < -0.3 is 9.05 Å². The Morgan fingerprint density at radius 1 is 1.14 bits per heavy atom. The molecule has 0 radical (unpaired) electrons. The second kappa shape index (κ2) is 5.85. The molecule has 0 saturated heterocycles. The summed E-state index contributed by atoms with van der Waals surface area (Å²) in [6.07, 6.45) is 1.02. The molecule has 0 aromatic rings. The molecule has 0 fully saturated rings. The van der Waals surface area contributed by atoms with Crippen LogP contribution in [0.15, 0.2) is 0 Å². The van der Waals surface area contributed by atoms with Gasteiger partial charge in [0.1, 0.15) is 9.84 Å². The van der Waals surface area contributed by atoms with Crippen LogP contribution < -0.4 is 0 Å². The zero-order chi connectivity index (χ0) is 11.2. The third kappa shape index (κ3) is 6.54. The fraction of sp³-hybridized carbons (Fsp3) is 1.00. The van der Waals surface area contributed by atoms with Crippen LogP contribution in [0.5, 0.6) is 0 Å². The van der Waals surface area contributed by atoms with E-state index in [0.717, 1.165) is 6.26 Å². The normalized spacial score (nSPS) is 13.1. The highest BCUT2D eigenvalue weighted by Gasteiger charge is 2.24. The van der Waals surface area contributed by atoms with Gasteiger partial charge >= 0.3 is 7.60 Å². The van der Waals surface area contributed by atoms with Crippen LogP contribution in [0.4, 0.5) is 0 Å². The summed E-state index contributed by atoms with van der Waals surface area (Å²) in [6, 6.07) is 0. The van der Waals surface area contributed by atoms with Crippen LogP contribution in [0.1, 0.15) is 13.8 Å². The third-order valence-electron chi connectivity index (χ3n) is 1.39. The van der Waals surface area contributed by atoms with Gasteiger partial charge in [-0.2, -0.15) is 0 Å². The van der Waals surface area contributed by atoms with Gasteiger partial charge in [-0.25, -0.2) is 8.42 Å². The fourth-order valence-corrected chi connectivity index (χ4v) is 4.18.